The summed E-state index contributed by atoms with van der Waals surface area (Å²) in [5.74, 6) is -3.68. The third-order valence-corrected chi connectivity index (χ3v) is 4.96. The second-order valence-corrected chi connectivity index (χ2v) is 7.67. The Morgan fingerprint density at radius 1 is 0.935 bits per heavy atom. The molecule has 1 aliphatic heterocycles. The number of aliphatic hydroxyl groups is 4. The van der Waals surface area contributed by atoms with E-state index < -0.39 is 42.3 Å². The van der Waals surface area contributed by atoms with E-state index in [2.05, 4.69) is 11.7 Å². The van der Waals surface area contributed by atoms with Gasteiger partial charge < -0.3 is 35.1 Å². The molecule has 176 valence electrons. The number of rotatable bonds is 16. The third-order valence-electron chi connectivity index (χ3n) is 4.96. The predicted octanol–water partition coefficient (Wildman–Crippen LogP) is -0.186. The minimum atomic E-state index is -1.42. The topological polar surface area (TPSA) is 147 Å². The van der Waals surface area contributed by atoms with Crippen LogP contribution in [0.4, 0.5) is 0 Å². The zero-order chi connectivity index (χ0) is 22.8. The van der Waals surface area contributed by atoms with Crippen LogP contribution in [0.2, 0.25) is 0 Å². The van der Waals surface area contributed by atoms with Crippen LogP contribution in [0.15, 0.2) is 11.5 Å². The van der Waals surface area contributed by atoms with Gasteiger partial charge in [0.15, 0.2) is 11.9 Å². The maximum atomic E-state index is 10.5. The molecule has 0 aromatic carbocycles. The number of carboxylic acid groups (broad SMARTS) is 1. The Balaban J connectivity index is 0. The molecule has 1 heterocycles. The second kappa shape index (κ2) is 21.1. The second-order valence-electron chi connectivity index (χ2n) is 7.67. The molecule has 1 rings (SSSR count). The van der Waals surface area contributed by atoms with Crippen LogP contribution in [-0.4, -0.2) is 51.2 Å². The molecular weight excluding hydrogens is 415 g/mol. The Morgan fingerprint density at radius 2 is 1.35 bits per heavy atom. The van der Waals surface area contributed by atoms with Crippen molar-refractivity contribution in [3.05, 3.63) is 11.5 Å². The Labute approximate surface area is 208 Å². The van der Waals surface area contributed by atoms with Gasteiger partial charge in [0.05, 0.1) is 6.61 Å². The molecule has 1 aliphatic rings. The van der Waals surface area contributed by atoms with Crippen LogP contribution in [0.3, 0.4) is 0 Å². The molecule has 9 heteroatoms. The van der Waals surface area contributed by atoms with Crippen molar-refractivity contribution in [2.24, 2.45) is 0 Å². The van der Waals surface area contributed by atoms with Crippen LogP contribution < -0.4 is 34.7 Å². The van der Waals surface area contributed by atoms with E-state index >= 15 is 0 Å². The Hall–Kier alpha value is -0.800. The first-order valence-corrected chi connectivity index (χ1v) is 11.2. The predicted molar refractivity (Wildman–Crippen MR) is 111 cm³/mol. The van der Waals surface area contributed by atoms with Crippen molar-refractivity contribution in [3.63, 3.8) is 0 Å². The van der Waals surface area contributed by atoms with Crippen molar-refractivity contribution in [1.29, 1.82) is 0 Å². The van der Waals surface area contributed by atoms with Crippen molar-refractivity contribution >= 4 is 11.9 Å². The fraction of sp³-hybridized carbons (Fsp3) is 0.818. The monoisotopic (exact) mass is 454 g/mol. The molecule has 8 nitrogen and oxygen atoms in total. The van der Waals surface area contributed by atoms with Gasteiger partial charge in [0, 0.05) is 5.97 Å². The number of ether oxygens (including phenoxy) is 1. The minimum Gasteiger partial charge on any atom is -0.550 e. The SMILES string of the molecule is CCCCCCCCCCCCCCCC(=O)[O-].O=C1O[C@H]([C@@H](O)CO)C(O)=C1O.[Na+]. The molecule has 0 bridgehead atoms. The Morgan fingerprint density at radius 3 is 1.68 bits per heavy atom. The quantitative estimate of drug-likeness (QED) is 0.143. The number of carbonyl (C=O) groups excluding carboxylic acids is 2. The zero-order valence-electron chi connectivity index (χ0n) is 19.2. The largest absolute Gasteiger partial charge is 1.00 e. The van der Waals surface area contributed by atoms with Gasteiger partial charge in [-0.15, -0.1) is 0 Å². The molecule has 0 amide bonds. The fourth-order valence-electron chi connectivity index (χ4n) is 3.11. The van der Waals surface area contributed by atoms with Gasteiger partial charge in [-0.25, -0.2) is 4.79 Å². The third kappa shape index (κ3) is 16.5. The molecule has 0 unspecified atom stereocenters. The molecule has 0 aromatic heterocycles. The van der Waals surface area contributed by atoms with Crippen LogP contribution in [0.1, 0.15) is 96.8 Å². The molecule has 0 fully saturated rings. The van der Waals surface area contributed by atoms with Crippen LogP contribution in [0, 0.1) is 0 Å². The molecule has 0 aromatic rings. The summed E-state index contributed by atoms with van der Waals surface area (Å²) in [4.78, 5) is 20.7. The smallest absolute Gasteiger partial charge is 0.550 e. The van der Waals surface area contributed by atoms with Gasteiger partial charge in [0.1, 0.15) is 6.10 Å². The first-order valence-electron chi connectivity index (χ1n) is 11.2. The molecule has 31 heavy (non-hydrogen) atoms. The van der Waals surface area contributed by atoms with Gasteiger partial charge in [0.25, 0.3) is 0 Å². The summed E-state index contributed by atoms with van der Waals surface area (Å²) in [6.45, 7) is 1.59. The van der Waals surface area contributed by atoms with Crippen LogP contribution in [0.5, 0.6) is 0 Å². The van der Waals surface area contributed by atoms with Crippen molar-refractivity contribution in [1.82, 2.24) is 0 Å². The fourth-order valence-corrected chi connectivity index (χ4v) is 3.11. The van der Waals surface area contributed by atoms with Gasteiger partial charge in [-0.3, -0.25) is 0 Å². The maximum absolute atomic E-state index is 10.5. The molecular formula is C22H39NaO8. The summed E-state index contributed by atoms with van der Waals surface area (Å²) >= 11 is 0. The van der Waals surface area contributed by atoms with Gasteiger partial charge in [-0.2, -0.15) is 0 Å². The molecule has 0 saturated carbocycles. The number of carbonyl (C=O) groups is 2. The van der Waals surface area contributed by atoms with E-state index in [0.29, 0.717) is 0 Å². The average molecular weight is 455 g/mol. The Kier molecular flexibility index (Phi) is 22.0. The van der Waals surface area contributed by atoms with E-state index in [-0.39, 0.29) is 36.0 Å². The van der Waals surface area contributed by atoms with Gasteiger partial charge in [0.2, 0.25) is 5.76 Å². The first-order chi connectivity index (χ1) is 14.3. The molecule has 0 radical (unpaired) electrons. The number of cyclic esters (lactones) is 1. The summed E-state index contributed by atoms with van der Waals surface area (Å²) in [6.07, 6.45) is 14.2. The number of hydrogen-bond donors (Lipinski definition) is 4. The standard InChI is InChI=1S/C16H32O2.C6H8O6.Na/c1-2-3-4-5-6-7-8-9-10-11-12-13-14-15-16(17)18;7-1-2(8)5-3(9)4(10)6(11)12-5;/h2-15H2,1H3,(H,17,18);2,5,7-10H,1H2;/q;;+1/p-1/t;2-,5+;/m.0./s1. The van der Waals surface area contributed by atoms with E-state index in [1.165, 1.54) is 70.6 Å². The zero-order valence-corrected chi connectivity index (χ0v) is 21.2. The number of esters is 1. The van der Waals surface area contributed by atoms with E-state index in [4.69, 9.17) is 20.4 Å². The van der Waals surface area contributed by atoms with Crippen LogP contribution in [-0.2, 0) is 14.3 Å². The van der Waals surface area contributed by atoms with Gasteiger partial charge >= 0.3 is 35.5 Å². The van der Waals surface area contributed by atoms with Crippen molar-refractivity contribution in [2.75, 3.05) is 6.61 Å². The number of hydrogen-bond acceptors (Lipinski definition) is 8. The number of aliphatic carboxylic acids is 1. The summed E-state index contributed by atoms with van der Waals surface area (Å²) in [6, 6.07) is 0. The molecule has 4 N–H and O–H groups in total. The first kappa shape index (κ1) is 32.4. The minimum absolute atomic E-state index is 0. The number of carboxylic acids is 1. The van der Waals surface area contributed by atoms with Gasteiger partial charge in [-0.1, -0.05) is 84.0 Å². The summed E-state index contributed by atoms with van der Waals surface area (Å²) < 4.78 is 4.32. The van der Waals surface area contributed by atoms with E-state index in [9.17, 15) is 14.7 Å². The van der Waals surface area contributed by atoms with Gasteiger partial charge in [-0.05, 0) is 12.8 Å². The summed E-state index contributed by atoms with van der Waals surface area (Å²) in [7, 11) is 0. The summed E-state index contributed by atoms with van der Waals surface area (Å²) in [5.41, 5.74) is 0. The number of unbranched alkanes of at least 4 members (excludes halogenated alkanes) is 12. The molecule has 2 atom stereocenters. The van der Waals surface area contributed by atoms with Crippen LogP contribution >= 0.6 is 0 Å². The molecule has 0 spiro atoms. The maximum Gasteiger partial charge on any atom is 1.00 e. The van der Waals surface area contributed by atoms with E-state index in [1.807, 2.05) is 0 Å². The van der Waals surface area contributed by atoms with Crippen molar-refractivity contribution < 1.29 is 69.4 Å². The van der Waals surface area contributed by atoms with Crippen LogP contribution in [0.25, 0.3) is 0 Å². The van der Waals surface area contributed by atoms with E-state index in [0.717, 1.165) is 12.8 Å². The van der Waals surface area contributed by atoms with Crippen molar-refractivity contribution in [2.45, 2.75) is 109 Å². The number of aliphatic hydroxyl groups excluding tert-OH is 4. The van der Waals surface area contributed by atoms with Crippen molar-refractivity contribution in [3.8, 4) is 0 Å². The Bertz CT molecular complexity index is 510. The molecule has 0 saturated heterocycles. The van der Waals surface area contributed by atoms with E-state index in [1.54, 1.807) is 0 Å². The normalized spacial score (nSPS) is 16.2. The summed E-state index contributed by atoms with van der Waals surface area (Å²) in [5, 5.41) is 45.2. The molecule has 0 aliphatic carbocycles. The average Bonchev–Trinajstić information content (AvgIpc) is 2.98.